The summed E-state index contributed by atoms with van der Waals surface area (Å²) in [5.74, 6) is -0.603. The van der Waals surface area contributed by atoms with Crippen molar-refractivity contribution in [2.24, 2.45) is 7.05 Å². The first kappa shape index (κ1) is 20.2. The van der Waals surface area contributed by atoms with Crippen molar-refractivity contribution in [1.29, 1.82) is 0 Å². The molecule has 6 rings (SSSR count). The summed E-state index contributed by atoms with van der Waals surface area (Å²) in [5, 5.41) is 16.5. The van der Waals surface area contributed by atoms with Gasteiger partial charge in [-0.2, -0.15) is 10.2 Å². The number of pyridine rings is 1. The molecule has 1 unspecified atom stereocenters. The summed E-state index contributed by atoms with van der Waals surface area (Å²) >= 11 is 0. The van der Waals surface area contributed by atoms with E-state index < -0.39 is 18.4 Å². The molecular formula is C21H17F2N9O2. The molecule has 11 nitrogen and oxygen atoms in total. The predicted molar refractivity (Wildman–Crippen MR) is 112 cm³/mol. The number of aromatic amines is 1. The number of carbonyl (C=O) groups is 1. The molecule has 1 N–H and O–H groups in total. The molecule has 13 heteroatoms. The molecule has 0 saturated heterocycles. The maximum absolute atomic E-state index is 13.5. The molecule has 0 aliphatic carbocycles. The van der Waals surface area contributed by atoms with Gasteiger partial charge in [0.05, 0.1) is 23.2 Å². The Morgan fingerprint density at radius 3 is 2.91 bits per heavy atom. The first-order valence-electron chi connectivity index (χ1n) is 10.4. The number of nitrogens with one attached hydrogen (secondary N) is 1. The van der Waals surface area contributed by atoms with Gasteiger partial charge in [-0.15, -0.1) is 10.2 Å². The van der Waals surface area contributed by atoms with Crippen molar-refractivity contribution >= 4 is 11.4 Å². The van der Waals surface area contributed by atoms with Gasteiger partial charge < -0.3 is 14.3 Å². The molecule has 1 aliphatic heterocycles. The molecule has 1 aliphatic rings. The van der Waals surface area contributed by atoms with Crippen molar-refractivity contribution < 1.29 is 18.0 Å². The van der Waals surface area contributed by atoms with Gasteiger partial charge in [-0.3, -0.25) is 9.48 Å². The summed E-state index contributed by atoms with van der Waals surface area (Å²) in [6, 6.07) is 7.18. The summed E-state index contributed by atoms with van der Waals surface area (Å²) in [7, 11) is 1.75. The van der Waals surface area contributed by atoms with Crippen molar-refractivity contribution in [1.82, 2.24) is 44.5 Å². The molecule has 0 bridgehead atoms. The Balaban J connectivity index is 1.41. The highest BCUT2D eigenvalue weighted by atomic mass is 19.3. The molecule has 1 amide bonds. The van der Waals surface area contributed by atoms with Gasteiger partial charge in [-0.1, -0.05) is 6.07 Å². The van der Waals surface area contributed by atoms with Gasteiger partial charge >= 0.3 is 11.8 Å². The first-order valence-corrected chi connectivity index (χ1v) is 10.4. The molecule has 5 aromatic rings. The van der Waals surface area contributed by atoms with Crippen LogP contribution in [0.4, 0.5) is 8.78 Å². The minimum Gasteiger partial charge on any atom is -0.411 e. The van der Waals surface area contributed by atoms with Gasteiger partial charge in [0.2, 0.25) is 0 Å². The summed E-state index contributed by atoms with van der Waals surface area (Å²) in [6.07, 6.45) is 1.08. The van der Waals surface area contributed by atoms with Gasteiger partial charge in [0.1, 0.15) is 17.4 Å². The number of H-pyrrole nitrogens is 1. The van der Waals surface area contributed by atoms with Gasteiger partial charge in [0, 0.05) is 31.9 Å². The van der Waals surface area contributed by atoms with Crippen LogP contribution in [-0.4, -0.2) is 56.9 Å². The van der Waals surface area contributed by atoms with E-state index in [2.05, 4.69) is 30.4 Å². The van der Waals surface area contributed by atoms with E-state index in [9.17, 15) is 13.6 Å². The first-order chi connectivity index (χ1) is 16.5. The fourth-order valence-corrected chi connectivity index (χ4v) is 4.22. The van der Waals surface area contributed by atoms with E-state index in [1.165, 1.54) is 21.8 Å². The minimum atomic E-state index is -2.70. The van der Waals surface area contributed by atoms with Crippen LogP contribution in [0.1, 0.15) is 45.9 Å². The van der Waals surface area contributed by atoms with Gasteiger partial charge in [-0.05, 0) is 24.3 Å². The Kier molecular flexibility index (Phi) is 4.50. The largest absolute Gasteiger partial charge is 0.411 e. The van der Waals surface area contributed by atoms with Crippen LogP contribution in [0.2, 0.25) is 0 Å². The number of rotatable bonds is 4. The average Bonchev–Trinajstić information content (AvgIpc) is 3.62. The lowest BCUT2D eigenvalue weighted by Crippen LogP contribution is -2.41. The standard InChI is InChI=1S/C21H17F2N9O2/c1-30-7-5-13(28-30)19-26-27-20(34-19)21(33)31-8-6-12-16(25-10-24-12)17(31)14-9-11-3-2-4-15(18(22)23)32(11)29-14/h2-5,7,9-10,17-18H,6,8H2,1H3,(H,24,25). The Labute approximate surface area is 190 Å². The SMILES string of the molecule is Cn1ccc(-c2nnc(C(=O)N3CCc4[nH]cnc4C3c3cc4cccc(C(F)F)n4n3)o2)n1. The number of hydrogen-bond donors (Lipinski definition) is 1. The number of nitrogens with zero attached hydrogens (tertiary/aromatic N) is 8. The van der Waals surface area contributed by atoms with Crippen LogP contribution in [0.3, 0.4) is 0 Å². The Morgan fingerprint density at radius 1 is 1.24 bits per heavy atom. The van der Waals surface area contributed by atoms with E-state index in [0.717, 1.165) is 5.69 Å². The Bertz CT molecular complexity index is 1520. The number of carbonyl (C=O) groups excluding carboxylic acids is 1. The zero-order valence-electron chi connectivity index (χ0n) is 17.8. The van der Waals surface area contributed by atoms with Crippen LogP contribution in [0, 0.1) is 0 Å². The Morgan fingerprint density at radius 2 is 2.12 bits per heavy atom. The fourth-order valence-electron chi connectivity index (χ4n) is 4.22. The Hall–Kier alpha value is -4.42. The average molecular weight is 465 g/mol. The normalized spacial score (nSPS) is 15.9. The van der Waals surface area contributed by atoms with Crippen LogP contribution in [0.15, 0.2) is 47.3 Å². The summed E-state index contributed by atoms with van der Waals surface area (Å²) in [4.78, 5) is 22.5. The number of fused-ring (bicyclic) bond motifs is 2. The number of alkyl halides is 2. The third-order valence-electron chi connectivity index (χ3n) is 5.76. The monoisotopic (exact) mass is 465 g/mol. The van der Waals surface area contributed by atoms with E-state index in [1.807, 2.05) is 0 Å². The highest BCUT2D eigenvalue weighted by Crippen LogP contribution is 2.35. The van der Waals surface area contributed by atoms with E-state index in [4.69, 9.17) is 4.42 Å². The van der Waals surface area contributed by atoms with Crippen LogP contribution in [0.5, 0.6) is 0 Å². The highest BCUT2D eigenvalue weighted by molar-refractivity contribution is 5.90. The van der Waals surface area contributed by atoms with Gasteiger partial charge in [-0.25, -0.2) is 18.3 Å². The van der Waals surface area contributed by atoms with E-state index in [-0.39, 0.29) is 17.5 Å². The number of hydrogen-bond acceptors (Lipinski definition) is 7. The number of aromatic nitrogens is 8. The molecular weight excluding hydrogens is 448 g/mol. The fraction of sp³-hybridized carbons (Fsp3) is 0.238. The predicted octanol–water partition coefficient (Wildman–Crippen LogP) is 2.57. The van der Waals surface area contributed by atoms with Crippen molar-refractivity contribution in [3.8, 4) is 11.6 Å². The second-order valence-corrected chi connectivity index (χ2v) is 7.86. The molecule has 0 aromatic carbocycles. The zero-order chi connectivity index (χ0) is 23.4. The lowest BCUT2D eigenvalue weighted by Gasteiger charge is -2.32. The molecule has 34 heavy (non-hydrogen) atoms. The lowest BCUT2D eigenvalue weighted by atomic mass is 9.99. The van der Waals surface area contributed by atoms with E-state index in [1.54, 1.807) is 42.2 Å². The molecule has 0 spiro atoms. The molecule has 6 heterocycles. The summed E-state index contributed by atoms with van der Waals surface area (Å²) in [6.45, 7) is 0.315. The number of imidazole rings is 1. The molecule has 5 aromatic heterocycles. The topological polar surface area (TPSA) is 123 Å². The maximum Gasteiger partial charge on any atom is 0.312 e. The van der Waals surface area contributed by atoms with Gasteiger partial charge in [0.25, 0.3) is 12.3 Å². The lowest BCUT2D eigenvalue weighted by molar-refractivity contribution is 0.0646. The third kappa shape index (κ3) is 3.16. The number of aryl methyl sites for hydroxylation is 1. The molecule has 172 valence electrons. The van der Waals surface area contributed by atoms with Crippen LogP contribution < -0.4 is 0 Å². The summed E-state index contributed by atoms with van der Waals surface area (Å²) in [5.41, 5.74) is 2.53. The third-order valence-corrected chi connectivity index (χ3v) is 5.76. The molecule has 1 atom stereocenters. The van der Waals surface area contributed by atoms with Crippen LogP contribution in [-0.2, 0) is 13.5 Å². The van der Waals surface area contributed by atoms with Crippen molar-refractivity contribution in [3.63, 3.8) is 0 Å². The zero-order valence-corrected chi connectivity index (χ0v) is 17.8. The van der Waals surface area contributed by atoms with Crippen molar-refractivity contribution in [2.75, 3.05) is 6.54 Å². The molecule has 0 radical (unpaired) electrons. The molecule has 0 fully saturated rings. The summed E-state index contributed by atoms with van der Waals surface area (Å²) < 4.78 is 35.5. The smallest absolute Gasteiger partial charge is 0.312 e. The van der Waals surface area contributed by atoms with E-state index in [0.29, 0.717) is 35.6 Å². The van der Waals surface area contributed by atoms with Crippen LogP contribution in [0.25, 0.3) is 17.1 Å². The van der Waals surface area contributed by atoms with Gasteiger partial charge in [0.15, 0.2) is 0 Å². The second-order valence-electron chi connectivity index (χ2n) is 7.86. The van der Waals surface area contributed by atoms with Crippen molar-refractivity contribution in [3.05, 3.63) is 71.5 Å². The van der Waals surface area contributed by atoms with Crippen LogP contribution >= 0.6 is 0 Å². The maximum atomic E-state index is 13.5. The highest BCUT2D eigenvalue weighted by Gasteiger charge is 2.38. The second kappa shape index (κ2) is 7.57. The number of halogens is 2. The quantitative estimate of drug-likeness (QED) is 0.433. The van der Waals surface area contributed by atoms with Crippen molar-refractivity contribution in [2.45, 2.75) is 18.9 Å². The van der Waals surface area contributed by atoms with E-state index >= 15 is 0 Å². The number of amides is 1. The minimum absolute atomic E-state index is 0.118. The molecule has 0 saturated carbocycles.